The lowest BCUT2D eigenvalue weighted by Crippen LogP contribution is -1.97. The monoisotopic (exact) mass is 578 g/mol. The first-order chi connectivity index (χ1) is 22.1. The molecule has 7 aromatic rings. The number of aromatic nitrogens is 1. The molecule has 0 atom stereocenters. The first-order valence-electron chi connectivity index (χ1n) is 15.2. The topological polar surface area (TPSA) is 30.9 Å². The van der Waals surface area contributed by atoms with Crippen molar-refractivity contribution in [3.63, 3.8) is 0 Å². The zero-order chi connectivity index (χ0) is 30.9. The average Bonchev–Trinajstić information content (AvgIpc) is 3.44. The molecule has 0 fully saturated rings. The Morgan fingerprint density at radius 2 is 1.16 bits per heavy atom. The molecule has 2 heteroatoms. The lowest BCUT2D eigenvalue weighted by atomic mass is 9.97. The first-order valence-corrected chi connectivity index (χ1v) is 15.2. The van der Waals surface area contributed by atoms with E-state index in [-0.39, 0.29) is 0 Å². The Morgan fingerprint density at radius 3 is 1.73 bits per heavy atom. The third-order valence-corrected chi connectivity index (χ3v) is 8.73. The number of fused-ring (bicyclic) bond motifs is 5. The second-order valence-corrected chi connectivity index (χ2v) is 11.2. The number of hydrogen-bond acceptors (Lipinski definition) is 1. The van der Waals surface area contributed by atoms with Crippen LogP contribution >= 0.6 is 0 Å². The summed E-state index contributed by atoms with van der Waals surface area (Å²) in [5, 5.41) is 4.77. The summed E-state index contributed by atoms with van der Waals surface area (Å²) in [6, 6.07) is 45.9. The van der Waals surface area contributed by atoms with Crippen LogP contribution in [0.25, 0.3) is 71.7 Å². The zero-order valence-corrected chi connectivity index (χ0v) is 25.4. The number of nitrogens with zero attached hydrogens (tertiary/aromatic N) is 1. The van der Waals surface area contributed by atoms with Gasteiger partial charge >= 0.3 is 0 Å². The van der Waals surface area contributed by atoms with E-state index in [9.17, 15) is 0 Å². The second-order valence-electron chi connectivity index (χ2n) is 11.2. The maximum absolute atomic E-state index is 6.04. The Morgan fingerprint density at radius 1 is 0.578 bits per heavy atom. The molecule has 7 rings (SSSR count). The van der Waals surface area contributed by atoms with Crippen LogP contribution in [-0.4, -0.2) is 4.57 Å². The van der Waals surface area contributed by atoms with E-state index in [1.54, 1.807) is 6.20 Å². The molecule has 1 heterocycles. The number of nitrogens with two attached hydrogens (primary N) is 1. The van der Waals surface area contributed by atoms with Crippen LogP contribution in [0.3, 0.4) is 0 Å². The second kappa shape index (κ2) is 11.7. The zero-order valence-electron chi connectivity index (χ0n) is 25.4. The van der Waals surface area contributed by atoms with Gasteiger partial charge in [-0.25, -0.2) is 0 Å². The molecule has 0 aliphatic carbocycles. The summed E-state index contributed by atoms with van der Waals surface area (Å²) in [7, 11) is 0. The summed E-state index contributed by atoms with van der Waals surface area (Å²) >= 11 is 0. The summed E-state index contributed by atoms with van der Waals surface area (Å²) in [5.41, 5.74) is 18.3. The van der Waals surface area contributed by atoms with Gasteiger partial charge in [-0.05, 0) is 87.2 Å². The SMILES string of the molecule is C=C/C(=C\C)c1ccc2c(ccc3c4ccc(/C(C=C)=C/N)cc4n(-c4cc(-c5ccccc5)cc(-c5ccccc5)c4)c23)c1. The minimum atomic E-state index is 0.898. The van der Waals surface area contributed by atoms with Crippen LogP contribution in [0.15, 0.2) is 165 Å². The number of allylic oxidation sites excluding steroid dienone is 5. The summed E-state index contributed by atoms with van der Waals surface area (Å²) in [4.78, 5) is 0. The van der Waals surface area contributed by atoms with Crippen molar-refractivity contribution >= 4 is 43.7 Å². The van der Waals surface area contributed by atoms with Gasteiger partial charge in [-0.15, -0.1) is 0 Å². The summed E-state index contributed by atoms with van der Waals surface area (Å²) in [5.74, 6) is 0. The van der Waals surface area contributed by atoms with E-state index < -0.39 is 0 Å². The van der Waals surface area contributed by atoms with Crippen molar-refractivity contribution in [1.29, 1.82) is 0 Å². The third-order valence-electron chi connectivity index (χ3n) is 8.73. The van der Waals surface area contributed by atoms with Crippen molar-refractivity contribution in [3.05, 3.63) is 176 Å². The van der Waals surface area contributed by atoms with Gasteiger partial charge in [0.25, 0.3) is 0 Å². The van der Waals surface area contributed by atoms with Crippen LogP contribution in [0.5, 0.6) is 0 Å². The number of benzene rings is 6. The molecule has 0 radical (unpaired) electrons. The summed E-state index contributed by atoms with van der Waals surface area (Å²) < 4.78 is 2.43. The lowest BCUT2D eigenvalue weighted by Gasteiger charge is -2.15. The van der Waals surface area contributed by atoms with Gasteiger partial charge in [-0.1, -0.05) is 128 Å². The van der Waals surface area contributed by atoms with Crippen molar-refractivity contribution in [2.75, 3.05) is 0 Å². The van der Waals surface area contributed by atoms with E-state index in [1.807, 2.05) is 12.2 Å². The fraction of sp³-hybridized carbons (Fsp3) is 0.0233. The summed E-state index contributed by atoms with van der Waals surface area (Å²) in [6.07, 6.45) is 7.46. The fourth-order valence-corrected chi connectivity index (χ4v) is 6.48. The Bertz CT molecular complexity index is 2240. The van der Waals surface area contributed by atoms with E-state index in [4.69, 9.17) is 5.73 Å². The predicted molar refractivity (Wildman–Crippen MR) is 195 cm³/mol. The highest BCUT2D eigenvalue weighted by Crippen LogP contribution is 2.40. The highest BCUT2D eigenvalue weighted by Gasteiger charge is 2.18. The van der Waals surface area contributed by atoms with E-state index in [1.165, 1.54) is 38.2 Å². The van der Waals surface area contributed by atoms with Crippen molar-refractivity contribution in [2.45, 2.75) is 6.92 Å². The van der Waals surface area contributed by atoms with Crippen LogP contribution in [0.4, 0.5) is 0 Å². The van der Waals surface area contributed by atoms with Gasteiger partial charge in [0.1, 0.15) is 0 Å². The van der Waals surface area contributed by atoms with Crippen LogP contribution in [0.2, 0.25) is 0 Å². The maximum Gasteiger partial charge on any atom is 0.0619 e. The largest absolute Gasteiger partial charge is 0.404 e. The summed E-state index contributed by atoms with van der Waals surface area (Å²) in [6.45, 7) is 10.1. The van der Waals surface area contributed by atoms with Crippen molar-refractivity contribution in [3.8, 4) is 27.9 Å². The van der Waals surface area contributed by atoms with Crippen LogP contribution < -0.4 is 5.73 Å². The molecule has 0 amide bonds. The molecule has 0 aliphatic rings. The van der Waals surface area contributed by atoms with E-state index >= 15 is 0 Å². The molecule has 0 aliphatic heterocycles. The minimum Gasteiger partial charge on any atom is -0.404 e. The highest BCUT2D eigenvalue weighted by molar-refractivity contribution is 6.19. The third kappa shape index (κ3) is 4.87. The first kappa shape index (κ1) is 27.9. The molecule has 1 aromatic heterocycles. The van der Waals surface area contributed by atoms with Crippen LogP contribution in [0, 0.1) is 0 Å². The van der Waals surface area contributed by atoms with E-state index in [0.29, 0.717) is 0 Å². The quantitative estimate of drug-likeness (QED) is 0.187. The molecule has 216 valence electrons. The van der Waals surface area contributed by atoms with Crippen molar-refractivity contribution in [2.24, 2.45) is 5.73 Å². The standard InChI is InChI=1S/C43H34N2/c1-4-29(5-2)33-17-20-39-35(23-33)19-22-41-40-21-18-34(30(6-3)28-44)27-42(40)45(43(39)41)38-25-36(31-13-9-7-10-14-31)24-37(26-38)32-15-11-8-12-16-32/h4-28H,1,3,44H2,2H3/b29-5+,30-28+. The minimum absolute atomic E-state index is 0.898. The fourth-order valence-electron chi connectivity index (χ4n) is 6.48. The highest BCUT2D eigenvalue weighted by atomic mass is 15.0. The van der Waals surface area contributed by atoms with Gasteiger partial charge in [0.05, 0.1) is 11.0 Å². The average molecular weight is 579 g/mol. The van der Waals surface area contributed by atoms with Gasteiger partial charge < -0.3 is 10.3 Å². The molecule has 6 aromatic carbocycles. The molecular formula is C43H34N2. The smallest absolute Gasteiger partial charge is 0.0619 e. The lowest BCUT2D eigenvalue weighted by molar-refractivity contribution is 1.19. The molecule has 0 saturated carbocycles. The van der Waals surface area contributed by atoms with Gasteiger partial charge in [-0.3, -0.25) is 0 Å². The molecule has 2 nitrogen and oxygen atoms in total. The molecule has 0 spiro atoms. The number of rotatable bonds is 7. The predicted octanol–water partition coefficient (Wildman–Crippen LogP) is 11.3. The van der Waals surface area contributed by atoms with Crippen LogP contribution in [-0.2, 0) is 0 Å². The van der Waals surface area contributed by atoms with Crippen LogP contribution in [0.1, 0.15) is 18.1 Å². The Balaban J connectivity index is 1.62. The van der Waals surface area contributed by atoms with Crippen molar-refractivity contribution in [1.82, 2.24) is 4.57 Å². The molecule has 2 N–H and O–H groups in total. The van der Waals surface area contributed by atoms with Crippen molar-refractivity contribution < 1.29 is 0 Å². The molecule has 0 bridgehead atoms. The van der Waals surface area contributed by atoms with Gasteiger partial charge in [0.15, 0.2) is 0 Å². The normalized spacial score (nSPS) is 12.2. The molecular weight excluding hydrogens is 544 g/mol. The van der Waals surface area contributed by atoms with Gasteiger partial charge in [0, 0.05) is 28.0 Å². The van der Waals surface area contributed by atoms with Gasteiger partial charge in [0.2, 0.25) is 0 Å². The molecule has 0 saturated heterocycles. The number of hydrogen-bond donors (Lipinski definition) is 1. The maximum atomic E-state index is 6.04. The Labute approximate surface area is 264 Å². The Kier molecular flexibility index (Phi) is 7.25. The van der Waals surface area contributed by atoms with E-state index in [2.05, 4.69) is 158 Å². The van der Waals surface area contributed by atoms with E-state index in [0.717, 1.165) is 44.6 Å². The van der Waals surface area contributed by atoms with Gasteiger partial charge in [-0.2, -0.15) is 0 Å². The molecule has 45 heavy (non-hydrogen) atoms. The Hall–Kier alpha value is -5.86. The molecule has 0 unspecified atom stereocenters.